The van der Waals surface area contributed by atoms with Gasteiger partial charge in [-0.2, -0.15) is 78.8 Å². The predicted octanol–water partition coefficient (Wildman–Crippen LogP) is -32.8. The summed E-state index contributed by atoms with van der Waals surface area (Å²) in [6.45, 7) is 0.638. The van der Waals surface area contributed by atoms with Gasteiger partial charge in [0.2, 0.25) is 0 Å². The Balaban J connectivity index is -0.000000115. The zero-order chi connectivity index (χ0) is 38.8. The third-order valence-corrected chi connectivity index (χ3v) is 3.20. The van der Waals surface area contributed by atoms with Gasteiger partial charge in [-0.05, 0) is 0 Å². The Morgan fingerprint density at radius 2 is 0.562 bits per heavy atom. The van der Waals surface area contributed by atoms with Crippen LogP contribution in [-0.4, -0.2) is 61.0 Å². The molecular weight excluding hydrogens is 652 g/mol. The highest BCUT2D eigenvalue weighted by molar-refractivity contribution is 5.73. The minimum Gasteiger partial charge on any atom is -0.296 e. The number of rotatable bonds is 4. The maximum Gasteiger partial charge on any atom is 0.398 e. The summed E-state index contributed by atoms with van der Waals surface area (Å²) >= 11 is 0. The first kappa shape index (κ1) is 53.5. The number of hydrazone groups is 4. The SMILES string of the molecule is NNC(N)=[NH+]C[NH+]=C(N)NN.NNC(N)=[NH+]N.NNC(N)=[NH+]N.NNC(NN)=[NH+]C[NH+]=C(NN)NN.NNC(NN)=[NH+]N.N[NH+]=C(N)N. The third-order valence-electron chi connectivity index (χ3n) is 3.20. The fraction of sp³-hybridized carbons (Fsp3) is 0.200. The molecule has 0 rings (SSSR count). The number of hydrogen-bond donors (Lipinski definition) is 38. The molecule has 0 heterocycles. The summed E-state index contributed by atoms with van der Waals surface area (Å²) in [5.74, 6) is 69.9. The van der Waals surface area contributed by atoms with Crippen LogP contribution in [0.5, 0.6) is 0 Å². The molecule has 38 nitrogen and oxygen atoms in total. The van der Waals surface area contributed by atoms with Crippen molar-refractivity contribution in [2.24, 2.45) is 116 Å². The summed E-state index contributed by atoms with van der Waals surface area (Å²) in [6.07, 6.45) is 0. The van der Waals surface area contributed by atoms with E-state index in [0.29, 0.717) is 25.3 Å². The molecule has 58 N–H and O–H groups in total. The normalized spacial score (nSPS) is 9.71. The molecule has 0 amide bonds. The summed E-state index contributed by atoms with van der Waals surface area (Å²) < 4.78 is 0. The summed E-state index contributed by atoms with van der Waals surface area (Å²) in [4.78, 5) is 10.8. The molecule has 0 spiro atoms. The second kappa shape index (κ2) is 44.4. The zero-order valence-corrected chi connectivity index (χ0v) is 26.0. The van der Waals surface area contributed by atoms with Crippen molar-refractivity contribution in [1.82, 2.24) is 54.3 Å². The molecule has 0 aromatic carbocycles. The van der Waals surface area contributed by atoms with Crippen molar-refractivity contribution < 1.29 is 40.4 Å². The molecule has 0 fully saturated rings. The van der Waals surface area contributed by atoms with Crippen molar-refractivity contribution in [2.75, 3.05) is 13.3 Å². The largest absolute Gasteiger partial charge is 0.398 e. The van der Waals surface area contributed by atoms with Gasteiger partial charge in [-0.15, -0.1) is 0 Å². The van der Waals surface area contributed by atoms with Gasteiger partial charge < -0.3 is 0 Å². The van der Waals surface area contributed by atoms with Gasteiger partial charge in [-0.3, -0.25) is 57.8 Å². The highest BCUT2D eigenvalue weighted by Crippen LogP contribution is 1.29. The lowest BCUT2D eigenvalue weighted by molar-refractivity contribution is -0.683. The van der Waals surface area contributed by atoms with E-state index in [-0.39, 0.29) is 35.8 Å². The van der Waals surface area contributed by atoms with Crippen LogP contribution in [0.1, 0.15) is 0 Å². The van der Waals surface area contributed by atoms with Crippen LogP contribution in [0.25, 0.3) is 0 Å². The minimum absolute atomic E-state index is 0.0324. The quantitative estimate of drug-likeness (QED) is 0.0422. The van der Waals surface area contributed by atoms with Gasteiger partial charge in [0, 0.05) is 0 Å². The molecule has 0 saturated heterocycles. The second-order valence-electron chi connectivity index (χ2n) is 6.32. The average molecular weight is 715 g/mol. The predicted molar refractivity (Wildman–Crippen MR) is 173 cm³/mol. The molecule has 0 bridgehead atoms. The van der Waals surface area contributed by atoms with E-state index in [4.69, 9.17) is 110 Å². The van der Waals surface area contributed by atoms with Crippen LogP contribution in [-0.2, 0) is 0 Å². The number of guanidine groups is 8. The van der Waals surface area contributed by atoms with Crippen molar-refractivity contribution in [3.63, 3.8) is 0 Å². The Bertz CT molecular complexity index is 859. The summed E-state index contributed by atoms with van der Waals surface area (Å²) in [6, 6.07) is 0. The number of hydrogen-bond acceptors (Lipinski definition) is 14. The molecule has 0 radical (unpaired) electrons. The Kier molecular flexibility index (Phi) is 49.5. The summed E-state index contributed by atoms with van der Waals surface area (Å²) in [5.41, 5.74) is 51.7. The number of nitrogens with one attached hydrogen (secondary N) is 18. The molecule has 0 unspecified atom stereocenters. The van der Waals surface area contributed by atoms with Crippen LogP contribution in [0, 0.1) is 0 Å². The molecule has 0 aliphatic rings. The second-order valence-corrected chi connectivity index (χ2v) is 6.32. The van der Waals surface area contributed by atoms with Crippen molar-refractivity contribution in [3.8, 4) is 0 Å². The smallest absolute Gasteiger partial charge is 0.296 e. The lowest BCUT2D eigenvalue weighted by Crippen LogP contribution is -2.98. The molecule has 38 heteroatoms. The fourth-order valence-corrected chi connectivity index (χ4v) is 1.05. The molecule has 0 aliphatic heterocycles. The fourth-order valence-electron chi connectivity index (χ4n) is 1.05. The van der Waals surface area contributed by atoms with Crippen LogP contribution in [0.2, 0.25) is 0 Å². The monoisotopic (exact) mass is 715 g/mol. The molecule has 0 saturated carbocycles. The van der Waals surface area contributed by atoms with Gasteiger partial charge in [0.25, 0.3) is 0 Å². The van der Waals surface area contributed by atoms with Crippen LogP contribution in [0.4, 0.5) is 0 Å². The molecule has 48 heavy (non-hydrogen) atoms. The molecule has 0 aromatic rings. The highest BCUT2D eigenvalue weighted by atomic mass is 15.5. The van der Waals surface area contributed by atoms with Crippen LogP contribution in [0.3, 0.4) is 0 Å². The van der Waals surface area contributed by atoms with Gasteiger partial charge >= 0.3 is 47.7 Å². The molecule has 0 aliphatic carbocycles. The zero-order valence-electron chi connectivity index (χ0n) is 26.0. The van der Waals surface area contributed by atoms with E-state index in [2.05, 4.69) is 95.4 Å². The Morgan fingerprint density at radius 3 is 0.688 bits per heavy atom. The van der Waals surface area contributed by atoms with Crippen molar-refractivity contribution in [2.45, 2.75) is 0 Å². The van der Waals surface area contributed by atoms with Gasteiger partial charge in [0.1, 0.15) is 0 Å². The van der Waals surface area contributed by atoms with E-state index >= 15 is 0 Å². The third kappa shape index (κ3) is 51.7. The maximum atomic E-state index is 5.23. The Labute approximate surface area is 272 Å². The standard InChI is InChI=1S/C3H14N10.C3H12N8.CH8N6.2CH7N5.CH6N4/c4-10-2(11-5)8-1-9-3(12-6)13-7;4-2(10-6)8-1-9-3(5)11-7;2-5-1(6-3)7-4;2*2-1(5-3)6-4;2-1(3)5-4/h1,4-7H2,(H2,8,10,11)(H2,9,12,13);1,6-7H2,(H3,4,8,10)(H3,5,9,11);2-4H2,(H2,5,6,7);2*3-4H2,(H3,2,5,6);4H2,(H4,2,3,5)/p+8. The van der Waals surface area contributed by atoms with E-state index in [1.165, 1.54) is 0 Å². The maximum absolute atomic E-state index is 5.23. The number of hydrazine groups is 14. The van der Waals surface area contributed by atoms with Crippen LogP contribution >= 0.6 is 0 Å². The molecule has 284 valence electrons. The number of nitrogens with two attached hydrogens (primary N) is 20. The van der Waals surface area contributed by atoms with Crippen molar-refractivity contribution >= 4 is 47.7 Å². The summed E-state index contributed by atoms with van der Waals surface area (Å²) in [7, 11) is 0. The lowest BCUT2D eigenvalue weighted by Gasteiger charge is -1.96. The lowest BCUT2D eigenvalue weighted by atomic mass is 10.9. The van der Waals surface area contributed by atoms with Crippen LogP contribution in [0.15, 0.2) is 0 Å². The molecular formula is C10H62N38+8. The minimum atomic E-state index is 0.0324. The highest BCUT2D eigenvalue weighted by Gasteiger charge is 1.99. The van der Waals surface area contributed by atoms with Gasteiger partial charge in [0.15, 0.2) is 13.3 Å². The Morgan fingerprint density at radius 1 is 0.312 bits per heavy atom. The van der Waals surface area contributed by atoms with E-state index in [9.17, 15) is 0 Å². The molecule has 0 atom stereocenters. The van der Waals surface area contributed by atoms with E-state index in [0.717, 1.165) is 0 Å². The van der Waals surface area contributed by atoms with Gasteiger partial charge in [-0.25, -0.2) is 74.2 Å². The first-order chi connectivity index (χ1) is 22.7. The van der Waals surface area contributed by atoms with Crippen LogP contribution < -0.4 is 211 Å². The first-order valence-electron chi connectivity index (χ1n) is 11.7. The van der Waals surface area contributed by atoms with E-state index in [1.54, 1.807) is 0 Å². The topological polar surface area (TPSA) is 752 Å². The Hall–Kier alpha value is -7.04. The first-order valence-corrected chi connectivity index (χ1v) is 11.7. The van der Waals surface area contributed by atoms with Gasteiger partial charge in [0.05, 0.1) is 0 Å². The average Bonchev–Trinajstić information content (AvgIpc) is 3.12. The van der Waals surface area contributed by atoms with E-state index < -0.39 is 0 Å². The van der Waals surface area contributed by atoms with Gasteiger partial charge in [-0.1, -0.05) is 0 Å². The van der Waals surface area contributed by atoms with E-state index in [1.807, 2.05) is 5.10 Å². The van der Waals surface area contributed by atoms with Crippen molar-refractivity contribution in [1.29, 1.82) is 0 Å². The summed E-state index contributed by atoms with van der Waals surface area (Å²) in [5, 5.41) is 8.29. The molecule has 0 aromatic heterocycles. The van der Waals surface area contributed by atoms with Crippen molar-refractivity contribution in [3.05, 3.63) is 0 Å².